The molecule has 0 radical (unpaired) electrons. The van der Waals surface area contributed by atoms with Crippen LogP contribution in [0.15, 0.2) is 26.2 Å². The van der Waals surface area contributed by atoms with Crippen LogP contribution < -0.4 is 0 Å². The largest absolute Gasteiger partial charge is 0.343 e. The normalized spacial score (nSPS) is 19.4. The highest BCUT2D eigenvalue weighted by atomic mass is 32.2. The molecule has 2 fully saturated rings. The molecule has 0 atom stereocenters. The number of carbonyl (C=O) groups excluding carboxylic acids is 1. The summed E-state index contributed by atoms with van der Waals surface area (Å²) >= 11 is 1.24. The Morgan fingerprint density at radius 2 is 1.81 bits per heavy atom. The van der Waals surface area contributed by atoms with E-state index < -0.39 is 10.0 Å². The minimum absolute atomic E-state index is 0.157. The Bertz CT molecular complexity index is 944. The fourth-order valence-electron chi connectivity index (χ4n) is 4.01. The Morgan fingerprint density at radius 1 is 1.06 bits per heavy atom. The van der Waals surface area contributed by atoms with Gasteiger partial charge in [0, 0.05) is 52.1 Å². The quantitative estimate of drug-likeness (QED) is 0.614. The molecule has 0 aliphatic carbocycles. The number of piperazine rings is 1. The number of aryl methyl sites for hydroxylation is 1. The molecule has 2 aliphatic rings. The standard InChI is InChI=1S/C20H29N5O4S2/c26-19(24-9-3-1-2-4-10-24)8-7-18-21-17(22-29-18)16-23-11-13-25(14-12-23)31(27,28)20-6-5-15-30-20/h5-6,15H,1-4,7-14,16H2. The maximum Gasteiger partial charge on any atom is 0.252 e. The molecule has 2 aromatic rings. The van der Waals surface area contributed by atoms with Crippen molar-refractivity contribution in [1.29, 1.82) is 0 Å². The summed E-state index contributed by atoms with van der Waals surface area (Å²) in [5.41, 5.74) is 0. The topological polar surface area (TPSA) is 99.9 Å². The molecule has 0 N–H and O–H groups in total. The van der Waals surface area contributed by atoms with Gasteiger partial charge in [-0.1, -0.05) is 24.1 Å². The van der Waals surface area contributed by atoms with Crippen LogP contribution in [0.3, 0.4) is 0 Å². The summed E-state index contributed by atoms with van der Waals surface area (Å²) in [5, 5.41) is 5.82. The van der Waals surface area contributed by atoms with Gasteiger partial charge in [0.15, 0.2) is 5.82 Å². The molecular formula is C20H29N5O4S2. The molecule has 11 heteroatoms. The summed E-state index contributed by atoms with van der Waals surface area (Å²) in [6.45, 7) is 4.31. The number of sulfonamides is 1. The molecule has 0 bridgehead atoms. The van der Waals surface area contributed by atoms with Gasteiger partial charge in [0.05, 0.1) is 6.54 Å². The number of nitrogens with zero attached hydrogens (tertiary/aromatic N) is 5. The van der Waals surface area contributed by atoms with Crippen LogP contribution in [0.1, 0.15) is 43.8 Å². The number of aromatic nitrogens is 2. The molecule has 2 aliphatic heterocycles. The first kappa shape index (κ1) is 22.4. The molecular weight excluding hydrogens is 438 g/mol. The van der Waals surface area contributed by atoms with Crippen LogP contribution in [0.2, 0.25) is 0 Å². The first-order chi connectivity index (χ1) is 15.0. The zero-order chi connectivity index (χ0) is 21.7. The second-order valence-electron chi connectivity index (χ2n) is 8.01. The SMILES string of the molecule is O=C(CCc1nc(CN2CCN(S(=O)(=O)c3cccs3)CC2)no1)N1CCCCCC1. The van der Waals surface area contributed by atoms with E-state index in [1.807, 2.05) is 4.90 Å². The van der Waals surface area contributed by atoms with Gasteiger partial charge in [-0.3, -0.25) is 9.69 Å². The van der Waals surface area contributed by atoms with Crippen LogP contribution in [0.5, 0.6) is 0 Å². The summed E-state index contributed by atoms with van der Waals surface area (Å²) in [5.74, 6) is 1.22. The molecule has 0 aromatic carbocycles. The Hall–Kier alpha value is -1.82. The van der Waals surface area contributed by atoms with Crippen molar-refractivity contribution in [3.05, 3.63) is 29.2 Å². The highest BCUT2D eigenvalue weighted by Gasteiger charge is 2.29. The van der Waals surface area contributed by atoms with E-state index in [-0.39, 0.29) is 5.91 Å². The molecule has 0 spiro atoms. The van der Waals surface area contributed by atoms with Gasteiger partial charge in [0.25, 0.3) is 10.0 Å². The first-order valence-electron chi connectivity index (χ1n) is 10.9. The maximum atomic E-state index is 12.6. The number of rotatable bonds is 7. The Morgan fingerprint density at radius 3 is 2.48 bits per heavy atom. The minimum Gasteiger partial charge on any atom is -0.343 e. The number of hydrogen-bond donors (Lipinski definition) is 0. The van der Waals surface area contributed by atoms with Crippen molar-refractivity contribution in [2.24, 2.45) is 0 Å². The van der Waals surface area contributed by atoms with E-state index in [0.29, 0.717) is 61.5 Å². The molecule has 2 aromatic heterocycles. The van der Waals surface area contributed by atoms with E-state index >= 15 is 0 Å². The summed E-state index contributed by atoms with van der Waals surface area (Å²) in [6.07, 6.45) is 5.41. The zero-order valence-electron chi connectivity index (χ0n) is 17.6. The van der Waals surface area contributed by atoms with Crippen LogP contribution in [0.25, 0.3) is 0 Å². The van der Waals surface area contributed by atoms with Gasteiger partial charge in [-0.2, -0.15) is 9.29 Å². The number of thiophene rings is 1. The highest BCUT2D eigenvalue weighted by Crippen LogP contribution is 2.22. The third-order valence-corrected chi connectivity index (χ3v) is 9.08. The summed E-state index contributed by atoms with van der Waals surface area (Å²) in [6, 6.07) is 3.40. The van der Waals surface area contributed by atoms with E-state index in [1.165, 1.54) is 28.5 Å². The third-order valence-electron chi connectivity index (χ3n) is 5.81. The number of amides is 1. The fourth-order valence-corrected chi connectivity index (χ4v) is 6.58. The minimum atomic E-state index is -3.40. The lowest BCUT2D eigenvalue weighted by Gasteiger charge is -2.32. The van der Waals surface area contributed by atoms with E-state index in [9.17, 15) is 13.2 Å². The third kappa shape index (κ3) is 5.71. The van der Waals surface area contributed by atoms with Crippen LogP contribution >= 0.6 is 11.3 Å². The van der Waals surface area contributed by atoms with E-state index in [2.05, 4.69) is 15.0 Å². The predicted molar refractivity (Wildman–Crippen MR) is 116 cm³/mol. The van der Waals surface area contributed by atoms with Crippen molar-refractivity contribution >= 4 is 27.3 Å². The van der Waals surface area contributed by atoms with Crippen molar-refractivity contribution in [3.8, 4) is 0 Å². The number of carbonyl (C=O) groups is 1. The monoisotopic (exact) mass is 467 g/mol. The average Bonchev–Trinajstić information content (AvgIpc) is 3.39. The van der Waals surface area contributed by atoms with Crippen LogP contribution in [0, 0.1) is 0 Å². The van der Waals surface area contributed by atoms with Gasteiger partial charge >= 0.3 is 0 Å². The van der Waals surface area contributed by atoms with Gasteiger partial charge in [0.1, 0.15) is 4.21 Å². The van der Waals surface area contributed by atoms with Crippen molar-refractivity contribution in [2.45, 2.75) is 49.3 Å². The predicted octanol–water partition coefficient (Wildman–Crippen LogP) is 1.97. The highest BCUT2D eigenvalue weighted by molar-refractivity contribution is 7.91. The summed E-state index contributed by atoms with van der Waals surface area (Å²) in [7, 11) is -3.40. The Balaban J connectivity index is 1.23. The first-order valence-corrected chi connectivity index (χ1v) is 13.2. The van der Waals surface area contributed by atoms with Crippen molar-refractivity contribution < 1.29 is 17.7 Å². The lowest BCUT2D eigenvalue weighted by Crippen LogP contribution is -2.48. The number of hydrogen-bond acceptors (Lipinski definition) is 8. The smallest absolute Gasteiger partial charge is 0.252 e. The van der Waals surface area contributed by atoms with Crippen LogP contribution in [-0.4, -0.2) is 77.8 Å². The maximum absolute atomic E-state index is 12.6. The van der Waals surface area contributed by atoms with Gasteiger partial charge in [0.2, 0.25) is 11.8 Å². The zero-order valence-corrected chi connectivity index (χ0v) is 19.2. The molecule has 4 heterocycles. The van der Waals surface area contributed by atoms with Crippen molar-refractivity contribution in [1.82, 2.24) is 24.2 Å². The molecule has 31 heavy (non-hydrogen) atoms. The number of likely N-dealkylation sites (tertiary alicyclic amines) is 1. The molecule has 170 valence electrons. The van der Waals surface area contributed by atoms with Crippen LogP contribution in [0.4, 0.5) is 0 Å². The van der Waals surface area contributed by atoms with Crippen LogP contribution in [-0.2, 0) is 27.8 Å². The van der Waals surface area contributed by atoms with E-state index in [4.69, 9.17) is 4.52 Å². The Kier molecular flexibility index (Phi) is 7.36. The lowest BCUT2D eigenvalue weighted by molar-refractivity contribution is -0.131. The fraction of sp³-hybridized carbons (Fsp3) is 0.650. The van der Waals surface area contributed by atoms with Gasteiger partial charge < -0.3 is 9.42 Å². The second kappa shape index (κ2) is 10.2. The lowest BCUT2D eigenvalue weighted by atomic mass is 10.2. The van der Waals surface area contributed by atoms with Crippen molar-refractivity contribution in [2.75, 3.05) is 39.3 Å². The van der Waals surface area contributed by atoms with Gasteiger partial charge in [-0.25, -0.2) is 8.42 Å². The molecule has 1 amide bonds. The summed E-state index contributed by atoms with van der Waals surface area (Å²) < 4.78 is 32.5. The molecule has 4 rings (SSSR count). The molecule has 9 nitrogen and oxygen atoms in total. The van der Waals surface area contributed by atoms with Crippen molar-refractivity contribution in [3.63, 3.8) is 0 Å². The molecule has 0 saturated carbocycles. The van der Waals surface area contributed by atoms with Gasteiger partial charge in [-0.05, 0) is 24.3 Å². The molecule has 2 saturated heterocycles. The van der Waals surface area contributed by atoms with E-state index in [0.717, 1.165) is 25.9 Å². The average molecular weight is 468 g/mol. The Labute approximate surface area is 187 Å². The second-order valence-corrected chi connectivity index (χ2v) is 11.1. The van der Waals surface area contributed by atoms with Gasteiger partial charge in [-0.15, -0.1) is 11.3 Å². The van der Waals surface area contributed by atoms with E-state index in [1.54, 1.807) is 17.5 Å². The summed E-state index contributed by atoms with van der Waals surface area (Å²) in [4.78, 5) is 20.9. The molecule has 0 unspecified atom stereocenters.